The van der Waals surface area contributed by atoms with Crippen LogP contribution < -0.4 is 11.5 Å². The van der Waals surface area contributed by atoms with Crippen molar-refractivity contribution in [1.82, 2.24) is 0 Å². The molecule has 5 N–H and O–H groups in total. The van der Waals surface area contributed by atoms with Gasteiger partial charge in [-0.15, -0.1) is 0 Å². The predicted molar refractivity (Wildman–Crippen MR) is 41.2 cm³/mol. The molecule has 2 rings (SSSR count). The quantitative estimate of drug-likeness (QED) is 0.446. The lowest BCUT2D eigenvalue weighted by Gasteiger charge is -2.39. The zero-order valence-electron chi connectivity index (χ0n) is 7.40. The minimum Gasteiger partial charge on any atom is -0.351 e. The maximum Gasteiger partial charge on any atom is 0.413 e. The Bertz CT molecular complexity index is 150. The molecule has 2 fully saturated rings. The summed E-state index contributed by atoms with van der Waals surface area (Å²) < 4.78 is 21.1. The normalized spacial score (nSPS) is 46.6. The maximum absolute atomic E-state index is 5.58. The fraction of sp³-hybridized carbons (Fsp3) is 1.00. The molecular weight excluding hydrogens is 176 g/mol. The van der Waals surface area contributed by atoms with Crippen LogP contribution in [-0.2, 0) is 18.9 Å². The molecule has 2 heterocycles. The van der Waals surface area contributed by atoms with E-state index in [9.17, 15) is 0 Å². The highest BCUT2D eigenvalue weighted by molar-refractivity contribution is 4.67. The topological polar surface area (TPSA) is 90.6 Å². The van der Waals surface area contributed by atoms with Gasteiger partial charge in [0.1, 0.15) is 19.3 Å². The SMILES string of the molecule is NC1COC2(OC1)OCC([NH3+])CO2. The summed E-state index contributed by atoms with van der Waals surface area (Å²) in [6, 6.07) is 0.0312. The third-order valence-corrected chi connectivity index (χ3v) is 1.94. The van der Waals surface area contributed by atoms with Crippen LogP contribution in [0.4, 0.5) is 0 Å². The van der Waals surface area contributed by atoms with Crippen LogP contribution in [0.15, 0.2) is 0 Å². The molecule has 1 spiro atoms. The molecule has 2 aliphatic heterocycles. The van der Waals surface area contributed by atoms with Crippen molar-refractivity contribution in [2.75, 3.05) is 26.4 Å². The van der Waals surface area contributed by atoms with E-state index in [0.717, 1.165) is 0 Å². The van der Waals surface area contributed by atoms with E-state index in [-0.39, 0.29) is 12.1 Å². The van der Waals surface area contributed by atoms with Crippen LogP contribution in [0.25, 0.3) is 0 Å². The summed E-state index contributed by atoms with van der Waals surface area (Å²) in [6.45, 7) is 1.74. The summed E-state index contributed by atoms with van der Waals surface area (Å²) >= 11 is 0. The molecule has 6 heteroatoms. The highest BCUT2D eigenvalue weighted by Crippen LogP contribution is 2.24. The lowest BCUT2D eigenvalue weighted by molar-refractivity contribution is -0.566. The summed E-state index contributed by atoms with van der Waals surface area (Å²) in [7, 11) is 0. The van der Waals surface area contributed by atoms with E-state index in [2.05, 4.69) is 5.73 Å². The van der Waals surface area contributed by atoms with E-state index in [1.807, 2.05) is 0 Å². The molecule has 0 unspecified atom stereocenters. The van der Waals surface area contributed by atoms with Gasteiger partial charge in [-0.3, -0.25) is 9.47 Å². The van der Waals surface area contributed by atoms with Gasteiger partial charge in [-0.05, 0) is 0 Å². The van der Waals surface area contributed by atoms with Gasteiger partial charge in [-0.25, -0.2) is 0 Å². The van der Waals surface area contributed by atoms with Gasteiger partial charge in [0, 0.05) is 0 Å². The largest absolute Gasteiger partial charge is 0.413 e. The second-order valence-corrected chi connectivity index (χ2v) is 3.37. The molecule has 0 amide bonds. The predicted octanol–water partition coefficient (Wildman–Crippen LogP) is -2.37. The van der Waals surface area contributed by atoms with Crippen molar-refractivity contribution < 1.29 is 24.7 Å². The van der Waals surface area contributed by atoms with E-state index in [1.165, 1.54) is 0 Å². The van der Waals surface area contributed by atoms with Crippen molar-refractivity contribution in [2.45, 2.75) is 18.2 Å². The smallest absolute Gasteiger partial charge is 0.351 e. The van der Waals surface area contributed by atoms with Gasteiger partial charge in [0.15, 0.2) is 0 Å². The summed E-state index contributed by atoms with van der Waals surface area (Å²) in [6.07, 6.45) is -1.30. The Labute approximate surface area is 76.1 Å². The summed E-state index contributed by atoms with van der Waals surface area (Å²) in [4.78, 5) is 0. The minimum atomic E-state index is -1.30. The standard InChI is InChI=1S/C7H14N2O4/c8-5-1-10-7(11-2-5)12-3-6(9)4-13-7/h5-6H,1-4,8-9H2/p+1. The molecule has 2 aliphatic rings. The maximum atomic E-state index is 5.58. The first-order valence-electron chi connectivity index (χ1n) is 4.35. The van der Waals surface area contributed by atoms with Crippen molar-refractivity contribution in [3.8, 4) is 0 Å². The van der Waals surface area contributed by atoms with Crippen LogP contribution >= 0.6 is 0 Å². The third kappa shape index (κ3) is 1.98. The van der Waals surface area contributed by atoms with Gasteiger partial charge in [0.25, 0.3) is 0 Å². The first-order valence-corrected chi connectivity index (χ1v) is 4.35. The first-order chi connectivity index (χ1) is 6.20. The second-order valence-electron chi connectivity index (χ2n) is 3.37. The zero-order valence-corrected chi connectivity index (χ0v) is 7.40. The number of rotatable bonds is 0. The van der Waals surface area contributed by atoms with Crippen molar-refractivity contribution in [3.05, 3.63) is 0 Å². The summed E-state index contributed by atoms with van der Waals surface area (Å²) in [5.41, 5.74) is 9.38. The molecule has 0 saturated carbocycles. The zero-order chi connectivity index (χ0) is 9.31. The first kappa shape index (κ1) is 9.32. The number of nitrogens with two attached hydrogens (primary N) is 1. The fourth-order valence-corrected chi connectivity index (χ4v) is 1.20. The average Bonchev–Trinajstić information content (AvgIpc) is 2.16. The van der Waals surface area contributed by atoms with E-state index in [4.69, 9.17) is 24.7 Å². The number of hydrogen-bond acceptors (Lipinski definition) is 5. The summed E-state index contributed by atoms with van der Waals surface area (Å²) in [5.74, 6) is 0. The number of quaternary nitrogens is 1. The molecule has 0 atom stereocenters. The van der Waals surface area contributed by atoms with Crippen molar-refractivity contribution in [3.63, 3.8) is 0 Å². The molecule has 76 valence electrons. The molecule has 2 saturated heterocycles. The Morgan fingerprint density at radius 2 is 1.46 bits per heavy atom. The molecule has 0 aromatic heterocycles. The lowest BCUT2D eigenvalue weighted by Crippen LogP contribution is -2.70. The average molecular weight is 191 g/mol. The molecule has 0 bridgehead atoms. The monoisotopic (exact) mass is 191 g/mol. The number of hydrogen-bond donors (Lipinski definition) is 2. The van der Waals surface area contributed by atoms with Crippen LogP contribution in [0.1, 0.15) is 0 Å². The van der Waals surface area contributed by atoms with Crippen LogP contribution in [0, 0.1) is 0 Å². The Morgan fingerprint density at radius 1 is 1.00 bits per heavy atom. The highest BCUT2D eigenvalue weighted by Gasteiger charge is 2.44. The molecule has 13 heavy (non-hydrogen) atoms. The van der Waals surface area contributed by atoms with Gasteiger partial charge < -0.3 is 20.9 Å². The van der Waals surface area contributed by atoms with Gasteiger partial charge in [0.05, 0.1) is 19.3 Å². The van der Waals surface area contributed by atoms with Crippen LogP contribution in [-0.4, -0.2) is 44.7 Å². The Balaban J connectivity index is 1.90. The van der Waals surface area contributed by atoms with Gasteiger partial charge >= 0.3 is 6.16 Å². The van der Waals surface area contributed by atoms with Gasteiger partial charge in [0.2, 0.25) is 0 Å². The Hall–Kier alpha value is -0.240. The van der Waals surface area contributed by atoms with Crippen molar-refractivity contribution in [2.24, 2.45) is 5.73 Å². The molecule has 0 aromatic carbocycles. The van der Waals surface area contributed by atoms with Crippen molar-refractivity contribution >= 4 is 0 Å². The van der Waals surface area contributed by atoms with Crippen LogP contribution in [0.3, 0.4) is 0 Å². The Morgan fingerprint density at radius 3 is 2.00 bits per heavy atom. The van der Waals surface area contributed by atoms with E-state index in [0.29, 0.717) is 26.4 Å². The molecule has 0 aliphatic carbocycles. The van der Waals surface area contributed by atoms with Crippen LogP contribution in [0.2, 0.25) is 0 Å². The van der Waals surface area contributed by atoms with E-state index < -0.39 is 6.16 Å². The molecule has 0 aromatic rings. The highest BCUT2D eigenvalue weighted by atomic mass is 17.0. The van der Waals surface area contributed by atoms with Gasteiger partial charge in [-0.1, -0.05) is 0 Å². The van der Waals surface area contributed by atoms with E-state index >= 15 is 0 Å². The van der Waals surface area contributed by atoms with Crippen LogP contribution in [0.5, 0.6) is 0 Å². The molecule has 6 nitrogen and oxygen atoms in total. The Kier molecular flexibility index (Phi) is 2.50. The second kappa shape index (κ2) is 3.49. The van der Waals surface area contributed by atoms with E-state index in [1.54, 1.807) is 0 Å². The lowest BCUT2D eigenvalue weighted by atomic mass is 10.3. The number of ether oxygens (including phenoxy) is 4. The molecule has 0 radical (unpaired) electrons. The third-order valence-electron chi connectivity index (χ3n) is 1.94. The fourth-order valence-electron chi connectivity index (χ4n) is 1.20. The minimum absolute atomic E-state index is 0.102. The van der Waals surface area contributed by atoms with Gasteiger partial charge in [-0.2, -0.15) is 0 Å². The summed E-state index contributed by atoms with van der Waals surface area (Å²) in [5, 5.41) is 0. The van der Waals surface area contributed by atoms with Crippen molar-refractivity contribution in [1.29, 1.82) is 0 Å². The molecular formula is C7H15N2O4+.